The van der Waals surface area contributed by atoms with Crippen LogP contribution in [-0.4, -0.2) is 61.1 Å². The van der Waals surface area contributed by atoms with E-state index in [1.165, 1.54) is 28.4 Å². The van der Waals surface area contributed by atoms with E-state index in [0.29, 0.717) is 27.2 Å². The number of halogens is 2. The molecule has 0 unspecified atom stereocenters. The molecule has 0 bridgehead atoms. The van der Waals surface area contributed by atoms with E-state index in [1.807, 2.05) is 11.8 Å². The Labute approximate surface area is 262 Å². The van der Waals surface area contributed by atoms with Gasteiger partial charge in [0.2, 0.25) is 5.89 Å². The molecule has 2 aromatic heterocycles. The Morgan fingerprint density at radius 3 is 1.60 bits per heavy atom. The van der Waals surface area contributed by atoms with E-state index in [9.17, 15) is 24.0 Å². The Morgan fingerprint density at radius 1 is 0.698 bits per heavy atom. The minimum atomic E-state index is -0.759. The molecule has 2 aromatic carbocycles. The minimum Gasteiger partial charge on any atom is -0.465 e. The fourth-order valence-corrected chi connectivity index (χ4v) is 4.20. The number of nitrogens with zero attached hydrogens (tertiary/aromatic N) is 2. The molecule has 0 saturated carbocycles. The van der Waals surface area contributed by atoms with Crippen molar-refractivity contribution in [2.45, 2.75) is 0 Å². The van der Waals surface area contributed by atoms with Crippen LogP contribution in [0.1, 0.15) is 20.0 Å². The van der Waals surface area contributed by atoms with Gasteiger partial charge in [0.1, 0.15) is 10.4 Å². The number of carbonyl (C=O) groups excluding carboxylic acids is 4. The maximum atomic E-state index is 11.9. The highest BCUT2D eigenvalue weighted by Crippen LogP contribution is 2.30. The number of rotatable bonds is 4. The van der Waals surface area contributed by atoms with Crippen molar-refractivity contribution in [1.82, 2.24) is 8.75 Å². The quantitative estimate of drug-likeness (QED) is 0.127. The highest BCUT2D eigenvalue weighted by molar-refractivity contribution is 7.08. The first-order valence-electron chi connectivity index (χ1n) is 11.4. The summed E-state index contributed by atoms with van der Waals surface area (Å²) in [6.45, 7) is 0. The molecular weight excluding hydrogens is 647 g/mol. The summed E-state index contributed by atoms with van der Waals surface area (Å²) in [6, 6.07) is 13.7. The minimum absolute atomic E-state index is 0.103. The molecule has 0 aliphatic heterocycles. The van der Waals surface area contributed by atoms with Crippen LogP contribution in [0.3, 0.4) is 0 Å². The number of carbonyl (C=O) groups is 4. The van der Waals surface area contributed by atoms with Crippen LogP contribution in [-0.2, 0) is 28.5 Å². The van der Waals surface area contributed by atoms with Gasteiger partial charge in [0, 0.05) is 33.0 Å². The van der Waals surface area contributed by atoms with E-state index in [4.69, 9.17) is 32.4 Å². The van der Waals surface area contributed by atoms with Crippen molar-refractivity contribution >= 4 is 70.1 Å². The summed E-state index contributed by atoms with van der Waals surface area (Å²) < 4.78 is 30.4. The lowest BCUT2D eigenvalue weighted by molar-refractivity contribution is -0.135. The zero-order valence-electron chi connectivity index (χ0n) is 22.7. The Bertz CT molecular complexity index is 1670. The molecule has 4 rings (SSSR count). The molecule has 0 aliphatic carbocycles. The lowest BCUT2D eigenvalue weighted by atomic mass is 10.1. The topological polar surface area (TPSA) is 161 Å². The lowest BCUT2D eigenvalue weighted by Crippen LogP contribution is -2.09. The number of aromatic nitrogens is 2. The van der Waals surface area contributed by atoms with Crippen LogP contribution in [0.5, 0.6) is 0 Å². The lowest BCUT2D eigenvalue weighted by Gasteiger charge is -2.03. The van der Waals surface area contributed by atoms with Crippen molar-refractivity contribution in [3.8, 4) is 34.6 Å². The Balaban J connectivity index is 0.000000242. The summed E-state index contributed by atoms with van der Waals surface area (Å²) >= 11 is 13.2. The highest BCUT2D eigenvalue weighted by Gasteiger charge is 2.27. The van der Waals surface area contributed by atoms with Crippen LogP contribution < -0.4 is 4.94 Å². The molecule has 0 saturated heterocycles. The molecule has 0 atom stereocenters. The number of esters is 4. The third-order valence-corrected chi connectivity index (χ3v) is 6.50. The first-order valence-corrected chi connectivity index (χ1v) is 13.7. The number of benzene rings is 2. The van der Waals surface area contributed by atoms with E-state index in [-0.39, 0.29) is 10.4 Å². The molecule has 4 aromatic rings. The van der Waals surface area contributed by atoms with E-state index in [1.54, 1.807) is 48.5 Å². The van der Waals surface area contributed by atoms with Crippen LogP contribution in [0, 0.1) is 11.8 Å². The van der Waals surface area contributed by atoms with Crippen LogP contribution in [0.4, 0.5) is 0 Å². The van der Waals surface area contributed by atoms with Crippen molar-refractivity contribution < 1.29 is 42.5 Å². The second-order valence-corrected chi connectivity index (χ2v) is 9.65. The standard InChI is InChI=1S/C13H10ClNO4S.C8H4ClNO2S.C6H6O4/c1-18-12(16)9-10(7-3-5-8(14)6-4-7)15-20-11(9)13(17)19-2;9-6-3-1-5(2-4-6)7-10-13-8(11)12-7;1-9-5(7)3-4-6(8)10-2/h3-6H,1-2H3;1-4H;1-2H3. The number of ether oxygens (including phenoxy) is 4. The van der Waals surface area contributed by atoms with Crippen molar-refractivity contribution in [2.24, 2.45) is 0 Å². The fraction of sp³-hybridized carbons (Fsp3) is 0.148. The number of methoxy groups -OCH3 is 4. The van der Waals surface area contributed by atoms with Gasteiger partial charge in [-0.2, -0.15) is 4.37 Å². The van der Waals surface area contributed by atoms with E-state index >= 15 is 0 Å². The van der Waals surface area contributed by atoms with Gasteiger partial charge in [-0.25, -0.2) is 24.0 Å². The summed E-state index contributed by atoms with van der Waals surface area (Å²) in [5.74, 6) is 1.36. The van der Waals surface area contributed by atoms with Crippen molar-refractivity contribution in [3.05, 3.63) is 78.8 Å². The Morgan fingerprint density at radius 2 is 1.19 bits per heavy atom. The van der Waals surface area contributed by atoms with Crippen LogP contribution >= 0.6 is 46.3 Å². The molecule has 43 heavy (non-hydrogen) atoms. The van der Waals surface area contributed by atoms with Crippen LogP contribution in [0.2, 0.25) is 10.0 Å². The average molecular weight is 668 g/mol. The predicted molar refractivity (Wildman–Crippen MR) is 158 cm³/mol. The van der Waals surface area contributed by atoms with Crippen molar-refractivity contribution in [3.63, 3.8) is 0 Å². The highest BCUT2D eigenvalue weighted by atomic mass is 35.5. The second-order valence-electron chi connectivity index (χ2n) is 7.31. The molecule has 0 amide bonds. The zero-order valence-corrected chi connectivity index (χ0v) is 25.8. The molecule has 0 N–H and O–H groups in total. The van der Waals surface area contributed by atoms with Gasteiger partial charge < -0.3 is 23.4 Å². The molecule has 0 aliphatic rings. The summed E-state index contributed by atoms with van der Waals surface area (Å²) in [4.78, 5) is 54.4. The summed E-state index contributed by atoms with van der Waals surface area (Å²) in [6.07, 6.45) is 0. The van der Waals surface area contributed by atoms with E-state index in [0.717, 1.165) is 28.6 Å². The van der Waals surface area contributed by atoms with Gasteiger partial charge in [-0.15, -0.1) is 4.37 Å². The third-order valence-electron chi connectivity index (χ3n) is 4.68. The van der Waals surface area contributed by atoms with Crippen LogP contribution in [0.15, 0.2) is 57.7 Å². The maximum absolute atomic E-state index is 11.9. The normalized spacial score (nSPS) is 9.44. The molecule has 2 heterocycles. The Kier molecular flexibility index (Phi) is 14.0. The zero-order chi connectivity index (χ0) is 31.9. The monoisotopic (exact) mass is 666 g/mol. The van der Waals surface area contributed by atoms with Gasteiger partial charge in [0.15, 0.2) is 0 Å². The first kappa shape index (κ1) is 34.7. The van der Waals surface area contributed by atoms with Crippen LogP contribution in [0.25, 0.3) is 22.7 Å². The number of hydrogen-bond donors (Lipinski definition) is 0. The van der Waals surface area contributed by atoms with Gasteiger partial charge >= 0.3 is 28.8 Å². The van der Waals surface area contributed by atoms with E-state index < -0.39 is 28.8 Å². The maximum Gasteiger partial charge on any atom is 0.414 e. The Hall–Kier alpha value is -4.55. The van der Waals surface area contributed by atoms with Gasteiger partial charge in [0.05, 0.1) is 45.7 Å². The third kappa shape index (κ3) is 10.7. The average Bonchev–Trinajstić information content (AvgIpc) is 3.67. The predicted octanol–water partition coefficient (Wildman–Crippen LogP) is 4.79. The number of hydrogen-bond acceptors (Lipinski definition) is 14. The van der Waals surface area contributed by atoms with Gasteiger partial charge in [0.25, 0.3) is 0 Å². The molecule has 224 valence electrons. The SMILES string of the molecule is COC(=O)C#CC(=O)OC.COC(=O)c1snc(-c2ccc(Cl)cc2)c1C(=O)OC.O=c1oc(-c2ccc(Cl)cc2)ns1. The largest absolute Gasteiger partial charge is 0.465 e. The summed E-state index contributed by atoms with van der Waals surface area (Å²) in [5, 5.41) is 1.21. The van der Waals surface area contributed by atoms with Crippen molar-refractivity contribution in [1.29, 1.82) is 0 Å². The summed E-state index contributed by atoms with van der Waals surface area (Å²) in [7, 11) is 4.83. The van der Waals surface area contributed by atoms with E-state index in [2.05, 4.69) is 23.0 Å². The summed E-state index contributed by atoms with van der Waals surface area (Å²) in [5.41, 5.74) is 1.90. The van der Waals surface area contributed by atoms with Gasteiger partial charge in [-0.1, -0.05) is 35.3 Å². The first-order chi connectivity index (χ1) is 20.5. The molecular formula is C27H20Cl2N2O10S2. The molecule has 12 nitrogen and oxygen atoms in total. The second kappa shape index (κ2) is 17.4. The fourth-order valence-electron chi connectivity index (χ4n) is 2.72. The molecule has 0 spiro atoms. The molecule has 16 heteroatoms. The van der Waals surface area contributed by atoms with Crippen molar-refractivity contribution in [2.75, 3.05) is 28.4 Å². The molecule has 0 fully saturated rings. The van der Waals surface area contributed by atoms with Gasteiger partial charge in [-0.3, -0.25) is 0 Å². The van der Waals surface area contributed by atoms with Gasteiger partial charge in [-0.05, 0) is 47.9 Å². The molecule has 0 radical (unpaired) electrons. The smallest absolute Gasteiger partial charge is 0.414 e.